The second kappa shape index (κ2) is 11.1. The number of hydrogen-bond acceptors (Lipinski definition) is 6. The van der Waals surface area contributed by atoms with Gasteiger partial charge in [0.15, 0.2) is 0 Å². The van der Waals surface area contributed by atoms with Gasteiger partial charge in [-0.2, -0.15) is 8.42 Å². The summed E-state index contributed by atoms with van der Waals surface area (Å²) in [6, 6.07) is 22.4. The fourth-order valence-corrected chi connectivity index (χ4v) is 8.67. The van der Waals surface area contributed by atoms with Crippen molar-refractivity contribution in [1.82, 2.24) is 0 Å². The van der Waals surface area contributed by atoms with Crippen LogP contribution < -0.4 is 14.2 Å². The molecule has 0 fully saturated rings. The van der Waals surface area contributed by atoms with Crippen LogP contribution in [0.3, 0.4) is 0 Å². The molecule has 0 bridgehead atoms. The van der Waals surface area contributed by atoms with E-state index in [1.807, 2.05) is 135 Å². The van der Waals surface area contributed by atoms with Crippen molar-refractivity contribution in [3.63, 3.8) is 0 Å². The normalized spacial score (nSPS) is 13.6. The highest BCUT2D eigenvalue weighted by Crippen LogP contribution is 2.70. The van der Waals surface area contributed by atoms with Crippen LogP contribution in [0.5, 0.6) is 17.2 Å². The smallest absolute Gasteiger partial charge is 0.274 e. The van der Waals surface area contributed by atoms with Gasteiger partial charge < -0.3 is 14.2 Å². The summed E-state index contributed by atoms with van der Waals surface area (Å²) < 4.78 is 49.9. The van der Waals surface area contributed by atoms with Gasteiger partial charge in [0.25, 0.3) is 10.1 Å². The Balaban J connectivity index is 2.24. The highest BCUT2D eigenvalue weighted by molar-refractivity contribution is 8.33. The summed E-state index contributed by atoms with van der Waals surface area (Å²) in [5, 5.41) is 0. The summed E-state index contributed by atoms with van der Waals surface area (Å²) in [5.41, 5.74) is -1.12. The Labute approximate surface area is 236 Å². The maximum atomic E-state index is 12.9. The molecule has 0 radical (unpaired) electrons. The van der Waals surface area contributed by atoms with E-state index in [9.17, 15) is 8.42 Å². The van der Waals surface area contributed by atoms with Crippen LogP contribution >= 0.6 is 10.3 Å². The number of benzene rings is 3. The fourth-order valence-electron chi connectivity index (χ4n) is 3.87. The van der Waals surface area contributed by atoms with E-state index in [2.05, 4.69) is 0 Å². The molecule has 0 aromatic heterocycles. The van der Waals surface area contributed by atoms with E-state index in [1.165, 1.54) is 0 Å². The largest absolute Gasteiger partial charge is 0.488 e. The summed E-state index contributed by atoms with van der Waals surface area (Å²) in [7, 11) is -6.63. The third-order valence-corrected chi connectivity index (χ3v) is 9.58. The summed E-state index contributed by atoms with van der Waals surface area (Å²) in [4.78, 5) is 2.13. The van der Waals surface area contributed by atoms with E-state index < -0.39 is 20.4 Å². The third-order valence-electron chi connectivity index (χ3n) is 4.96. The zero-order valence-electron chi connectivity index (χ0n) is 24.7. The van der Waals surface area contributed by atoms with Crippen LogP contribution in [0, 0.1) is 0 Å². The molecule has 39 heavy (non-hydrogen) atoms. The molecule has 0 aliphatic heterocycles. The molecule has 0 heterocycles. The Bertz CT molecular complexity index is 1200. The zero-order chi connectivity index (χ0) is 29.3. The van der Waals surface area contributed by atoms with Crippen molar-refractivity contribution in [3.05, 3.63) is 72.8 Å². The topological polar surface area (TPSA) is 71.1 Å². The Morgan fingerprint density at radius 1 is 0.462 bits per heavy atom. The van der Waals surface area contributed by atoms with Crippen LogP contribution in [-0.4, -0.2) is 31.5 Å². The van der Waals surface area contributed by atoms with Crippen molar-refractivity contribution in [2.75, 3.05) is 6.26 Å². The Kier molecular flexibility index (Phi) is 8.75. The summed E-state index contributed by atoms with van der Waals surface area (Å²) in [5.74, 6) is 2.05. The molecular weight excluding hydrogens is 532 g/mol. The summed E-state index contributed by atoms with van der Waals surface area (Å²) in [6.07, 6.45) is 1.08. The zero-order valence-corrected chi connectivity index (χ0v) is 26.3. The summed E-state index contributed by atoms with van der Waals surface area (Å²) >= 11 is 0. The van der Waals surface area contributed by atoms with Gasteiger partial charge in [0, 0.05) is 14.7 Å². The highest BCUT2D eigenvalue weighted by Gasteiger charge is 2.37. The van der Waals surface area contributed by atoms with E-state index >= 15 is 0 Å². The van der Waals surface area contributed by atoms with E-state index in [-0.39, 0.29) is 16.8 Å². The lowest BCUT2D eigenvalue weighted by molar-refractivity contribution is 0.130. The molecule has 0 aliphatic carbocycles. The Morgan fingerprint density at radius 2 is 0.692 bits per heavy atom. The number of rotatable bonds is 8. The predicted molar refractivity (Wildman–Crippen MR) is 159 cm³/mol. The van der Waals surface area contributed by atoms with E-state index in [4.69, 9.17) is 17.8 Å². The van der Waals surface area contributed by atoms with Gasteiger partial charge in [-0.05, 0) is 145 Å². The van der Waals surface area contributed by atoms with E-state index in [1.54, 1.807) is 0 Å². The fraction of sp³-hybridized carbons (Fsp3) is 0.419. The minimum absolute atomic E-state index is 0.375. The predicted octanol–water partition coefficient (Wildman–Crippen LogP) is 8.39. The minimum Gasteiger partial charge on any atom is -0.488 e. The van der Waals surface area contributed by atoms with Gasteiger partial charge in [0.05, 0.1) is 6.26 Å². The van der Waals surface area contributed by atoms with Crippen LogP contribution in [0.4, 0.5) is 0 Å². The molecule has 0 saturated carbocycles. The Hall–Kier alpha value is -2.68. The van der Waals surface area contributed by atoms with Crippen molar-refractivity contribution in [2.24, 2.45) is 0 Å². The quantitative estimate of drug-likeness (QED) is 0.269. The first kappa shape index (κ1) is 30.9. The maximum absolute atomic E-state index is 12.9. The molecule has 0 spiro atoms. The van der Waals surface area contributed by atoms with Crippen LogP contribution in [0.15, 0.2) is 87.5 Å². The average Bonchev–Trinajstić information content (AvgIpc) is 2.75. The molecule has 3 aromatic carbocycles. The molecule has 0 N–H and O–H groups in total. The molecule has 0 aliphatic rings. The molecule has 214 valence electrons. The molecule has 6 nitrogen and oxygen atoms in total. The Morgan fingerprint density at radius 3 is 0.872 bits per heavy atom. The first-order valence-electron chi connectivity index (χ1n) is 12.9. The maximum Gasteiger partial charge on any atom is 0.274 e. The second-order valence-corrected chi connectivity index (χ2v) is 16.9. The SMILES string of the molecule is CC(C)(C)Oc1ccc(S(OS(C)(=O)=O)(c2ccc(OC(C)(C)C)cc2)c2ccc(OC(C)(C)C)cc2)cc1. The van der Waals surface area contributed by atoms with E-state index in [0.29, 0.717) is 31.9 Å². The van der Waals surface area contributed by atoms with Gasteiger partial charge >= 0.3 is 0 Å². The first-order chi connectivity index (χ1) is 17.8. The van der Waals surface area contributed by atoms with Crippen LogP contribution in [-0.2, 0) is 13.7 Å². The van der Waals surface area contributed by atoms with Gasteiger partial charge in [0.2, 0.25) is 0 Å². The van der Waals surface area contributed by atoms with Gasteiger partial charge in [-0.25, -0.2) is 3.63 Å². The standard InChI is InChI=1S/C31H42O6S2/c1-29(2,3)34-23-11-17-26(18-12-23)39(37-38(10,32)33,27-19-13-24(14-20-27)35-30(4,5)6)28-21-15-25(16-22-28)36-31(7,8)9/h11-22H,1-10H3. The molecular formula is C31H42O6S2. The first-order valence-corrected chi connectivity index (χ1v) is 16.3. The molecule has 3 rings (SSSR count). The monoisotopic (exact) mass is 574 g/mol. The second-order valence-electron chi connectivity index (χ2n) is 12.4. The highest BCUT2D eigenvalue weighted by atomic mass is 32.3. The lowest BCUT2D eigenvalue weighted by Gasteiger charge is -2.39. The third kappa shape index (κ3) is 8.92. The van der Waals surface area contributed by atoms with Gasteiger partial charge in [0.1, 0.15) is 34.1 Å². The molecule has 0 saturated heterocycles. The van der Waals surface area contributed by atoms with Crippen LogP contribution in [0.2, 0.25) is 0 Å². The van der Waals surface area contributed by atoms with Crippen LogP contribution in [0.25, 0.3) is 0 Å². The van der Waals surface area contributed by atoms with Gasteiger partial charge in [-0.1, -0.05) is 0 Å². The van der Waals surface area contributed by atoms with Crippen molar-refractivity contribution in [3.8, 4) is 17.2 Å². The number of hydrogen-bond donors (Lipinski definition) is 0. The average molecular weight is 575 g/mol. The molecule has 0 amide bonds. The van der Waals surface area contributed by atoms with Gasteiger partial charge in [-0.3, -0.25) is 0 Å². The van der Waals surface area contributed by atoms with E-state index in [0.717, 1.165) is 6.26 Å². The molecule has 8 heteroatoms. The molecule has 0 unspecified atom stereocenters. The lowest BCUT2D eigenvalue weighted by atomic mass is 10.2. The van der Waals surface area contributed by atoms with Crippen LogP contribution in [0.1, 0.15) is 62.3 Å². The van der Waals surface area contributed by atoms with Gasteiger partial charge in [-0.15, -0.1) is 0 Å². The van der Waals surface area contributed by atoms with Crippen molar-refractivity contribution in [1.29, 1.82) is 0 Å². The van der Waals surface area contributed by atoms with Crippen molar-refractivity contribution >= 4 is 20.4 Å². The summed E-state index contributed by atoms with van der Waals surface area (Å²) in [6.45, 7) is 17.8. The minimum atomic E-state index is -3.90. The lowest BCUT2D eigenvalue weighted by Crippen LogP contribution is -2.23. The van der Waals surface area contributed by atoms with Crippen molar-refractivity contribution in [2.45, 2.75) is 93.8 Å². The number of ether oxygens (including phenoxy) is 3. The molecule has 3 aromatic rings. The molecule has 0 atom stereocenters. The van der Waals surface area contributed by atoms with Crippen molar-refractivity contribution < 1.29 is 26.3 Å².